The predicted molar refractivity (Wildman–Crippen MR) is 77.4 cm³/mol. The van der Waals surface area contributed by atoms with Gasteiger partial charge in [-0.3, -0.25) is 0 Å². The van der Waals surface area contributed by atoms with Crippen LogP contribution in [0.2, 0.25) is 0 Å². The first-order valence-electron chi connectivity index (χ1n) is 7.35. The smallest absolute Gasteiger partial charge is 0.119 e. The second-order valence-electron chi connectivity index (χ2n) is 5.45. The van der Waals surface area contributed by atoms with Crippen LogP contribution in [0, 0.1) is 5.92 Å². The molecule has 2 rings (SSSR count). The Balaban J connectivity index is 1.79. The van der Waals surface area contributed by atoms with Crippen LogP contribution in [0.25, 0.3) is 0 Å². The Hall–Kier alpha value is -1.06. The Morgan fingerprint density at radius 2 is 2.00 bits per heavy atom. The fourth-order valence-electron chi connectivity index (χ4n) is 2.14. The van der Waals surface area contributed by atoms with E-state index in [-0.39, 0.29) is 12.1 Å². The summed E-state index contributed by atoms with van der Waals surface area (Å²) in [4.78, 5) is 0. The molecule has 1 saturated carbocycles. The van der Waals surface area contributed by atoms with Crippen molar-refractivity contribution in [1.29, 1.82) is 0 Å². The summed E-state index contributed by atoms with van der Waals surface area (Å²) < 4.78 is 5.57. The Kier molecular flexibility index (Phi) is 5.23. The van der Waals surface area contributed by atoms with Crippen LogP contribution in [0.15, 0.2) is 24.3 Å². The van der Waals surface area contributed by atoms with Gasteiger partial charge in [0.1, 0.15) is 5.75 Å². The first-order chi connectivity index (χ1) is 9.20. The van der Waals surface area contributed by atoms with Crippen LogP contribution in [-0.4, -0.2) is 24.4 Å². The van der Waals surface area contributed by atoms with E-state index >= 15 is 0 Å². The zero-order valence-electron chi connectivity index (χ0n) is 11.9. The number of ether oxygens (including phenoxy) is 1. The SMILES string of the molecule is CCCOc1ccc(C(C)NCC(O)C2CC2)cc1. The maximum atomic E-state index is 9.84. The van der Waals surface area contributed by atoms with Crippen molar-refractivity contribution in [1.82, 2.24) is 5.32 Å². The molecule has 1 aliphatic carbocycles. The number of nitrogens with one attached hydrogen (secondary N) is 1. The number of benzene rings is 1. The summed E-state index contributed by atoms with van der Waals surface area (Å²) in [5.74, 6) is 1.46. The van der Waals surface area contributed by atoms with Crippen molar-refractivity contribution in [2.24, 2.45) is 5.92 Å². The fraction of sp³-hybridized carbons (Fsp3) is 0.625. The van der Waals surface area contributed by atoms with Gasteiger partial charge in [0, 0.05) is 12.6 Å². The van der Waals surface area contributed by atoms with Crippen LogP contribution < -0.4 is 10.1 Å². The minimum absolute atomic E-state index is 0.186. The lowest BCUT2D eigenvalue weighted by Gasteiger charge is -2.17. The van der Waals surface area contributed by atoms with Gasteiger partial charge in [-0.05, 0) is 49.8 Å². The largest absolute Gasteiger partial charge is 0.494 e. The molecule has 1 aliphatic rings. The normalized spacial score (nSPS) is 18.1. The summed E-state index contributed by atoms with van der Waals surface area (Å²) in [6.45, 7) is 5.67. The Morgan fingerprint density at radius 1 is 1.32 bits per heavy atom. The van der Waals surface area contributed by atoms with Gasteiger partial charge in [0.25, 0.3) is 0 Å². The molecule has 3 nitrogen and oxygen atoms in total. The third-order valence-corrected chi connectivity index (χ3v) is 3.65. The fourth-order valence-corrected chi connectivity index (χ4v) is 2.14. The Morgan fingerprint density at radius 3 is 2.58 bits per heavy atom. The highest BCUT2D eigenvalue weighted by Gasteiger charge is 2.29. The van der Waals surface area contributed by atoms with Gasteiger partial charge in [0.05, 0.1) is 12.7 Å². The van der Waals surface area contributed by atoms with Crippen LogP contribution in [0.3, 0.4) is 0 Å². The lowest BCUT2D eigenvalue weighted by molar-refractivity contribution is 0.145. The lowest BCUT2D eigenvalue weighted by Crippen LogP contribution is -2.30. The molecule has 2 unspecified atom stereocenters. The highest BCUT2D eigenvalue weighted by molar-refractivity contribution is 5.28. The highest BCUT2D eigenvalue weighted by Crippen LogP contribution is 2.32. The maximum absolute atomic E-state index is 9.84. The van der Waals surface area contributed by atoms with Crippen LogP contribution in [0.4, 0.5) is 0 Å². The zero-order chi connectivity index (χ0) is 13.7. The third-order valence-electron chi connectivity index (χ3n) is 3.65. The summed E-state index contributed by atoms with van der Waals surface area (Å²) in [7, 11) is 0. The second-order valence-corrected chi connectivity index (χ2v) is 5.45. The Bertz CT molecular complexity index is 373. The minimum atomic E-state index is -0.186. The molecule has 1 aromatic rings. The molecule has 0 spiro atoms. The van der Waals surface area contributed by atoms with E-state index < -0.39 is 0 Å². The minimum Gasteiger partial charge on any atom is -0.494 e. The molecule has 2 atom stereocenters. The van der Waals surface area contributed by atoms with E-state index in [0.29, 0.717) is 12.5 Å². The predicted octanol–water partition coefficient (Wildman–Crippen LogP) is 2.90. The van der Waals surface area contributed by atoms with Gasteiger partial charge in [-0.25, -0.2) is 0 Å². The summed E-state index contributed by atoms with van der Waals surface area (Å²) in [6.07, 6.45) is 3.20. The summed E-state index contributed by atoms with van der Waals surface area (Å²) in [5.41, 5.74) is 1.23. The molecule has 1 aromatic carbocycles. The van der Waals surface area contributed by atoms with Gasteiger partial charge in [-0.15, -0.1) is 0 Å². The van der Waals surface area contributed by atoms with Gasteiger partial charge in [-0.1, -0.05) is 19.1 Å². The number of aliphatic hydroxyl groups excluding tert-OH is 1. The van der Waals surface area contributed by atoms with Gasteiger partial charge in [0.2, 0.25) is 0 Å². The van der Waals surface area contributed by atoms with E-state index in [0.717, 1.165) is 18.8 Å². The maximum Gasteiger partial charge on any atom is 0.119 e. The van der Waals surface area contributed by atoms with Crippen LogP contribution in [-0.2, 0) is 0 Å². The van der Waals surface area contributed by atoms with Gasteiger partial charge in [-0.2, -0.15) is 0 Å². The number of hydrogen-bond acceptors (Lipinski definition) is 3. The molecule has 0 aromatic heterocycles. The first kappa shape index (κ1) is 14.4. The van der Waals surface area contributed by atoms with Gasteiger partial charge >= 0.3 is 0 Å². The summed E-state index contributed by atoms with van der Waals surface area (Å²) >= 11 is 0. The van der Waals surface area contributed by atoms with E-state index in [4.69, 9.17) is 4.74 Å². The van der Waals surface area contributed by atoms with E-state index in [1.54, 1.807) is 0 Å². The Labute approximate surface area is 116 Å². The van der Waals surface area contributed by atoms with E-state index in [2.05, 4.69) is 31.3 Å². The average Bonchev–Trinajstić information content (AvgIpc) is 3.27. The molecule has 2 N–H and O–H groups in total. The monoisotopic (exact) mass is 263 g/mol. The van der Waals surface area contributed by atoms with E-state index in [1.165, 1.54) is 18.4 Å². The number of rotatable bonds is 8. The molecule has 0 saturated heterocycles. The standard InChI is InChI=1S/C16H25NO2/c1-3-10-19-15-8-6-13(7-9-15)12(2)17-11-16(18)14-4-5-14/h6-9,12,14,16-18H,3-5,10-11H2,1-2H3. The van der Waals surface area contributed by atoms with Crippen molar-refractivity contribution < 1.29 is 9.84 Å². The summed E-state index contributed by atoms with van der Waals surface area (Å²) in [6, 6.07) is 8.47. The van der Waals surface area contributed by atoms with Crippen molar-refractivity contribution in [2.45, 2.75) is 45.3 Å². The van der Waals surface area contributed by atoms with Crippen molar-refractivity contribution in [3.8, 4) is 5.75 Å². The molecular formula is C16H25NO2. The molecular weight excluding hydrogens is 238 g/mol. The molecule has 0 aliphatic heterocycles. The quantitative estimate of drug-likeness (QED) is 0.758. The van der Waals surface area contributed by atoms with Crippen molar-refractivity contribution in [2.75, 3.05) is 13.2 Å². The topological polar surface area (TPSA) is 41.5 Å². The van der Waals surface area contributed by atoms with Crippen molar-refractivity contribution in [3.05, 3.63) is 29.8 Å². The molecule has 0 amide bonds. The number of hydrogen-bond donors (Lipinski definition) is 2. The highest BCUT2D eigenvalue weighted by atomic mass is 16.5. The molecule has 0 bridgehead atoms. The third kappa shape index (κ3) is 4.51. The van der Waals surface area contributed by atoms with Crippen molar-refractivity contribution in [3.63, 3.8) is 0 Å². The van der Waals surface area contributed by atoms with Gasteiger partial charge < -0.3 is 15.2 Å². The molecule has 0 radical (unpaired) electrons. The number of aliphatic hydroxyl groups is 1. The van der Waals surface area contributed by atoms with E-state index in [9.17, 15) is 5.11 Å². The van der Waals surface area contributed by atoms with Gasteiger partial charge in [0.15, 0.2) is 0 Å². The zero-order valence-corrected chi connectivity index (χ0v) is 11.9. The lowest BCUT2D eigenvalue weighted by atomic mass is 10.1. The molecule has 19 heavy (non-hydrogen) atoms. The van der Waals surface area contributed by atoms with Crippen molar-refractivity contribution >= 4 is 0 Å². The van der Waals surface area contributed by atoms with Crippen LogP contribution in [0.5, 0.6) is 5.75 Å². The van der Waals surface area contributed by atoms with E-state index in [1.807, 2.05) is 12.1 Å². The van der Waals surface area contributed by atoms with Crippen LogP contribution >= 0.6 is 0 Å². The molecule has 106 valence electrons. The first-order valence-corrected chi connectivity index (χ1v) is 7.35. The average molecular weight is 263 g/mol. The molecule has 3 heteroatoms. The van der Waals surface area contributed by atoms with Crippen LogP contribution in [0.1, 0.15) is 44.7 Å². The molecule has 1 fully saturated rings. The summed E-state index contributed by atoms with van der Waals surface area (Å²) in [5, 5.41) is 13.2. The second kappa shape index (κ2) is 6.92. The molecule has 0 heterocycles.